The summed E-state index contributed by atoms with van der Waals surface area (Å²) in [4.78, 5) is 10.8. The zero-order valence-corrected chi connectivity index (χ0v) is 10.5. The molecule has 0 aliphatic heterocycles. The lowest BCUT2D eigenvalue weighted by molar-refractivity contribution is -0.135. The van der Waals surface area contributed by atoms with Crippen LogP contribution in [0.4, 0.5) is 0 Å². The van der Waals surface area contributed by atoms with Gasteiger partial charge in [-0.2, -0.15) is 0 Å². The first-order valence-electron chi connectivity index (χ1n) is 6.18. The molecule has 16 heavy (non-hydrogen) atoms. The van der Waals surface area contributed by atoms with Gasteiger partial charge in [0.25, 0.3) is 0 Å². The second-order valence-corrected chi connectivity index (χ2v) is 4.03. The molecular weight excluding hydrogens is 204 g/mol. The Morgan fingerprint density at radius 3 is 2.25 bits per heavy atom. The number of carbonyl (C=O) groups is 1. The minimum Gasteiger partial charge on any atom is -0.512 e. The zero-order valence-electron chi connectivity index (χ0n) is 10.5. The molecule has 0 heterocycles. The van der Waals surface area contributed by atoms with Crippen LogP contribution >= 0.6 is 0 Å². The number of hydrogen-bond acceptors (Lipinski definition) is 3. The summed E-state index contributed by atoms with van der Waals surface area (Å²) < 4.78 is 4.42. The number of carbonyl (C=O) groups excluding carboxylic acids is 1. The van der Waals surface area contributed by atoms with Gasteiger partial charge >= 0.3 is 5.97 Å². The first kappa shape index (κ1) is 15.0. The summed E-state index contributed by atoms with van der Waals surface area (Å²) in [5, 5.41) is 9.35. The molecular formula is C13H24O3. The maximum absolute atomic E-state index is 10.8. The average molecular weight is 228 g/mol. The van der Waals surface area contributed by atoms with Crippen LogP contribution in [-0.2, 0) is 9.53 Å². The smallest absolute Gasteiger partial charge is 0.333 e. The number of aliphatic hydroxyl groups is 1. The Balaban J connectivity index is 3.37. The summed E-state index contributed by atoms with van der Waals surface area (Å²) in [6.07, 6.45) is 10.1. The van der Waals surface area contributed by atoms with Gasteiger partial charge in [0, 0.05) is 6.42 Å². The Morgan fingerprint density at radius 1 is 1.12 bits per heavy atom. The third-order valence-corrected chi connectivity index (χ3v) is 2.52. The molecule has 1 N–H and O–H groups in total. The predicted octanol–water partition coefficient (Wildman–Crippen LogP) is 3.74. The molecule has 0 atom stereocenters. The molecule has 0 aromatic rings. The highest BCUT2D eigenvalue weighted by Gasteiger charge is 1.99. The van der Waals surface area contributed by atoms with Crippen molar-refractivity contribution in [2.24, 2.45) is 0 Å². The van der Waals surface area contributed by atoms with Gasteiger partial charge in [0.15, 0.2) is 0 Å². The van der Waals surface area contributed by atoms with Crippen LogP contribution in [0.5, 0.6) is 0 Å². The highest BCUT2D eigenvalue weighted by molar-refractivity contribution is 5.82. The van der Waals surface area contributed by atoms with Gasteiger partial charge in [-0.05, 0) is 6.42 Å². The third-order valence-electron chi connectivity index (χ3n) is 2.52. The Labute approximate surface area is 98.5 Å². The topological polar surface area (TPSA) is 46.5 Å². The minimum atomic E-state index is -0.486. The van der Waals surface area contributed by atoms with Gasteiger partial charge < -0.3 is 9.84 Å². The van der Waals surface area contributed by atoms with Crippen molar-refractivity contribution >= 4 is 5.97 Å². The van der Waals surface area contributed by atoms with E-state index >= 15 is 0 Å². The fourth-order valence-corrected chi connectivity index (χ4v) is 1.53. The highest BCUT2D eigenvalue weighted by atomic mass is 16.5. The largest absolute Gasteiger partial charge is 0.512 e. The van der Waals surface area contributed by atoms with Gasteiger partial charge in [0.2, 0.25) is 0 Å². The van der Waals surface area contributed by atoms with Gasteiger partial charge in [0.05, 0.1) is 18.9 Å². The van der Waals surface area contributed by atoms with Gasteiger partial charge in [-0.3, -0.25) is 0 Å². The average Bonchev–Trinajstić information content (AvgIpc) is 2.27. The molecule has 0 fully saturated rings. The molecule has 0 rings (SSSR count). The number of unbranched alkanes of at least 4 members (excludes halogenated alkanes) is 6. The predicted molar refractivity (Wildman–Crippen MR) is 65.3 cm³/mol. The van der Waals surface area contributed by atoms with Crippen LogP contribution in [0.15, 0.2) is 11.8 Å². The highest BCUT2D eigenvalue weighted by Crippen LogP contribution is 2.10. The van der Waals surface area contributed by atoms with Crippen molar-refractivity contribution in [2.75, 3.05) is 7.11 Å². The summed E-state index contributed by atoms with van der Waals surface area (Å²) in [6.45, 7) is 2.20. The van der Waals surface area contributed by atoms with Crippen LogP contribution in [0.3, 0.4) is 0 Å². The SMILES string of the molecule is CCCCCCCCC/C(O)=C/C(=O)OC. The Hall–Kier alpha value is -0.990. The molecule has 0 aromatic carbocycles. The molecule has 0 bridgehead atoms. The minimum absolute atomic E-state index is 0.125. The lowest BCUT2D eigenvalue weighted by Crippen LogP contribution is -1.97. The molecule has 0 saturated carbocycles. The van der Waals surface area contributed by atoms with Gasteiger partial charge in [0.1, 0.15) is 0 Å². The maximum atomic E-state index is 10.8. The van der Waals surface area contributed by atoms with E-state index in [-0.39, 0.29) is 5.76 Å². The molecule has 94 valence electrons. The third kappa shape index (κ3) is 9.56. The fourth-order valence-electron chi connectivity index (χ4n) is 1.53. The number of methoxy groups -OCH3 is 1. The summed E-state index contributed by atoms with van der Waals surface area (Å²) >= 11 is 0. The number of allylic oxidation sites excluding steroid dienone is 1. The number of aliphatic hydroxyl groups excluding tert-OH is 1. The molecule has 0 aromatic heterocycles. The second-order valence-electron chi connectivity index (χ2n) is 4.03. The molecule has 0 saturated heterocycles. The Kier molecular flexibility index (Phi) is 9.87. The van der Waals surface area contributed by atoms with Crippen LogP contribution in [0, 0.1) is 0 Å². The molecule has 0 radical (unpaired) electrons. The Bertz CT molecular complexity index is 209. The van der Waals surface area contributed by atoms with Crippen molar-refractivity contribution < 1.29 is 14.6 Å². The van der Waals surface area contributed by atoms with Gasteiger partial charge in [-0.1, -0.05) is 45.4 Å². The Morgan fingerprint density at radius 2 is 1.69 bits per heavy atom. The van der Waals surface area contributed by atoms with Crippen LogP contribution in [0.1, 0.15) is 58.3 Å². The number of hydrogen-bond donors (Lipinski definition) is 1. The quantitative estimate of drug-likeness (QED) is 0.283. The van der Waals surface area contributed by atoms with E-state index in [1.165, 1.54) is 39.2 Å². The summed E-state index contributed by atoms with van der Waals surface area (Å²) in [7, 11) is 1.31. The number of esters is 1. The van der Waals surface area contributed by atoms with Crippen molar-refractivity contribution in [1.82, 2.24) is 0 Å². The van der Waals surface area contributed by atoms with Crippen LogP contribution in [0.25, 0.3) is 0 Å². The normalized spacial score (nSPS) is 11.5. The molecule has 0 spiro atoms. The van der Waals surface area contributed by atoms with Crippen LogP contribution in [0.2, 0.25) is 0 Å². The van der Waals surface area contributed by atoms with E-state index in [2.05, 4.69) is 11.7 Å². The van der Waals surface area contributed by atoms with Gasteiger partial charge in [-0.15, -0.1) is 0 Å². The van der Waals surface area contributed by atoms with E-state index in [4.69, 9.17) is 0 Å². The monoisotopic (exact) mass is 228 g/mol. The second kappa shape index (κ2) is 10.5. The van der Waals surface area contributed by atoms with Crippen molar-refractivity contribution in [3.8, 4) is 0 Å². The van der Waals surface area contributed by atoms with E-state index in [0.29, 0.717) is 6.42 Å². The lowest BCUT2D eigenvalue weighted by Gasteiger charge is -2.01. The van der Waals surface area contributed by atoms with E-state index in [1.807, 2.05) is 0 Å². The van der Waals surface area contributed by atoms with Crippen molar-refractivity contribution in [3.63, 3.8) is 0 Å². The first-order chi connectivity index (χ1) is 7.70. The number of ether oxygens (including phenoxy) is 1. The van der Waals surface area contributed by atoms with Crippen molar-refractivity contribution in [2.45, 2.75) is 58.3 Å². The molecule has 0 amide bonds. The van der Waals surface area contributed by atoms with E-state index in [1.54, 1.807) is 0 Å². The molecule has 0 aliphatic carbocycles. The van der Waals surface area contributed by atoms with Crippen molar-refractivity contribution in [3.05, 3.63) is 11.8 Å². The standard InChI is InChI=1S/C13H24O3/c1-3-4-5-6-7-8-9-10-12(14)11-13(15)16-2/h11,14H,3-10H2,1-2H3/b12-11-. The van der Waals surface area contributed by atoms with Crippen LogP contribution in [-0.4, -0.2) is 18.2 Å². The maximum Gasteiger partial charge on any atom is 0.333 e. The lowest BCUT2D eigenvalue weighted by atomic mass is 10.1. The van der Waals surface area contributed by atoms with E-state index in [0.717, 1.165) is 18.9 Å². The van der Waals surface area contributed by atoms with Crippen LogP contribution < -0.4 is 0 Å². The first-order valence-corrected chi connectivity index (χ1v) is 6.18. The summed E-state index contributed by atoms with van der Waals surface area (Å²) in [5.41, 5.74) is 0. The summed E-state index contributed by atoms with van der Waals surface area (Å²) in [6, 6.07) is 0. The molecule has 0 aliphatic rings. The van der Waals surface area contributed by atoms with Crippen molar-refractivity contribution in [1.29, 1.82) is 0 Å². The van der Waals surface area contributed by atoms with E-state index < -0.39 is 5.97 Å². The van der Waals surface area contributed by atoms with Gasteiger partial charge in [-0.25, -0.2) is 4.79 Å². The number of rotatable bonds is 9. The zero-order chi connectivity index (χ0) is 12.2. The molecule has 3 heteroatoms. The molecule has 3 nitrogen and oxygen atoms in total. The fraction of sp³-hybridized carbons (Fsp3) is 0.769. The summed E-state index contributed by atoms with van der Waals surface area (Å²) in [5.74, 6) is -0.360. The van der Waals surface area contributed by atoms with E-state index in [9.17, 15) is 9.90 Å². The molecule has 0 unspecified atom stereocenters.